The van der Waals surface area contributed by atoms with Crippen molar-refractivity contribution in [1.29, 1.82) is 0 Å². The number of benzene rings is 3. The average Bonchev–Trinajstić information content (AvgIpc) is 3.49. The van der Waals surface area contributed by atoms with Crippen LogP contribution in [-0.4, -0.2) is 22.3 Å². The first kappa shape index (κ1) is 25.8. The fourth-order valence-electron chi connectivity index (χ4n) is 5.01. The van der Waals surface area contributed by atoms with Gasteiger partial charge in [0.05, 0.1) is 13.1 Å². The van der Waals surface area contributed by atoms with Crippen LogP contribution in [-0.2, 0) is 26.2 Å². The van der Waals surface area contributed by atoms with E-state index in [9.17, 15) is 0 Å². The molecule has 0 radical (unpaired) electrons. The number of nitrogens with zero attached hydrogens (tertiary/aromatic N) is 4. The van der Waals surface area contributed by atoms with Gasteiger partial charge in [0.1, 0.15) is 37.8 Å². The second kappa shape index (κ2) is 12.6. The van der Waals surface area contributed by atoms with E-state index in [4.69, 9.17) is 9.47 Å². The normalized spacial score (nSPS) is 11.4. The number of aromatic nitrogens is 4. The van der Waals surface area contributed by atoms with E-state index in [1.165, 1.54) is 47.8 Å². The molecule has 6 heteroatoms. The van der Waals surface area contributed by atoms with Crippen LogP contribution in [0, 0.1) is 0 Å². The molecule has 3 aromatic carbocycles. The minimum Gasteiger partial charge on any atom is -0.489 e. The predicted octanol–water partition coefficient (Wildman–Crippen LogP) is 5.93. The van der Waals surface area contributed by atoms with Crippen molar-refractivity contribution in [3.63, 3.8) is 0 Å². The monoisotopic (exact) mass is 512 g/mol. The van der Waals surface area contributed by atoms with E-state index in [0.717, 1.165) is 37.7 Å². The number of ether oxygens (including phenoxy) is 2. The van der Waals surface area contributed by atoms with Gasteiger partial charge in [0, 0.05) is 0 Å². The zero-order valence-corrected chi connectivity index (χ0v) is 22.8. The Morgan fingerprint density at radius 2 is 1.00 bits per heavy atom. The molecule has 0 saturated carbocycles. The van der Waals surface area contributed by atoms with E-state index >= 15 is 0 Å². The number of aryl methyl sites for hydroxylation is 2. The van der Waals surface area contributed by atoms with E-state index in [1.54, 1.807) is 0 Å². The highest BCUT2D eigenvalue weighted by molar-refractivity contribution is 5.72. The van der Waals surface area contributed by atoms with Gasteiger partial charge in [-0.05, 0) is 61.4 Å². The third-order valence-corrected chi connectivity index (χ3v) is 7.09. The summed E-state index contributed by atoms with van der Waals surface area (Å²) in [4.78, 5) is 0. The molecule has 2 heterocycles. The fraction of sp³-hybridized carbons (Fsp3) is 0.375. The van der Waals surface area contributed by atoms with E-state index in [-0.39, 0.29) is 0 Å². The molecule has 0 saturated heterocycles. The van der Waals surface area contributed by atoms with Gasteiger partial charge in [0.15, 0.2) is 22.1 Å². The first-order valence-electron chi connectivity index (χ1n) is 14.1. The zero-order chi connectivity index (χ0) is 26.2. The molecule has 198 valence electrons. The van der Waals surface area contributed by atoms with E-state index in [0.29, 0.717) is 13.2 Å². The first-order valence-corrected chi connectivity index (χ1v) is 14.1. The molecule has 38 heavy (non-hydrogen) atoms. The number of fused-ring (bicyclic) bond motifs is 2. The van der Waals surface area contributed by atoms with E-state index in [2.05, 4.69) is 93.3 Å². The molecule has 5 rings (SSSR count). The maximum Gasteiger partial charge on any atom is 0.244 e. The van der Waals surface area contributed by atoms with Crippen LogP contribution in [0.3, 0.4) is 0 Å². The largest absolute Gasteiger partial charge is 0.489 e. The summed E-state index contributed by atoms with van der Waals surface area (Å²) in [6.07, 6.45) is 9.20. The van der Waals surface area contributed by atoms with Gasteiger partial charge in [-0.3, -0.25) is 0 Å². The van der Waals surface area contributed by atoms with Gasteiger partial charge in [-0.15, -0.1) is 0 Å². The minimum absolute atomic E-state index is 0.616. The number of para-hydroxylation sites is 4. The Hall–Kier alpha value is -3.80. The number of rotatable bonds is 14. The molecule has 0 fully saturated rings. The van der Waals surface area contributed by atoms with Crippen LogP contribution in [0.15, 0.2) is 85.5 Å². The standard InChI is InChI=1S/C32H40N4O2/c1-3-5-19-33-25-35(31-13-9-7-11-29(31)33)21-23-37-27-15-17-28(18-16-27)38-24-22-36-26-34(20-6-4-2)30-12-8-10-14-32(30)36/h7-18,25-26H,3-6,19-24H2,1-2H3/q+2. The number of hydrogen-bond acceptors (Lipinski definition) is 2. The van der Waals surface area contributed by atoms with Gasteiger partial charge in [-0.2, -0.15) is 0 Å². The van der Waals surface area contributed by atoms with E-state index < -0.39 is 0 Å². The summed E-state index contributed by atoms with van der Waals surface area (Å²) in [5.74, 6) is 1.72. The molecular formula is C32H40N4O2+2. The summed E-state index contributed by atoms with van der Waals surface area (Å²) in [5, 5.41) is 0. The molecule has 6 nitrogen and oxygen atoms in total. The second-order valence-corrected chi connectivity index (χ2v) is 9.86. The van der Waals surface area contributed by atoms with Crippen molar-refractivity contribution in [2.24, 2.45) is 0 Å². The Morgan fingerprint density at radius 3 is 1.42 bits per heavy atom. The van der Waals surface area contributed by atoms with Gasteiger partial charge in [0.2, 0.25) is 12.7 Å². The van der Waals surface area contributed by atoms with Gasteiger partial charge >= 0.3 is 0 Å². The van der Waals surface area contributed by atoms with Crippen LogP contribution in [0.4, 0.5) is 0 Å². The summed E-state index contributed by atoms with van der Waals surface area (Å²) in [7, 11) is 0. The van der Waals surface area contributed by atoms with Crippen molar-refractivity contribution >= 4 is 22.1 Å². The van der Waals surface area contributed by atoms with Crippen molar-refractivity contribution in [3.8, 4) is 11.5 Å². The van der Waals surface area contributed by atoms with Gasteiger partial charge in [-0.25, -0.2) is 18.3 Å². The van der Waals surface area contributed by atoms with Crippen LogP contribution >= 0.6 is 0 Å². The Bertz CT molecular complexity index is 1340. The highest BCUT2D eigenvalue weighted by Gasteiger charge is 2.16. The maximum absolute atomic E-state index is 6.07. The second-order valence-electron chi connectivity index (χ2n) is 9.86. The summed E-state index contributed by atoms with van der Waals surface area (Å²) < 4.78 is 21.4. The van der Waals surface area contributed by atoms with Gasteiger partial charge in [0.25, 0.3) is 0 Å². The molecule has 0 aliphatic rings. The van der Waals surface area contributed by atoms with Crippen molar-refractivity contribution in [3.05, 3.63) is 85.5 Å². The lowest BCUT2D eigenvalue weighted by molar-refractivity contribution is -0.672. The zero-order valence-electron chi connectivity index (χ0n) is 22.8. The fourth-order valence-corrected chi connectivity index (χ4v) is 5.01. The Morgan fingerprint density at radius 1 is 0.579 bits per heavy atom. The molecule has 0 N–H and O–H groups in total. The third kappa shape index (κ3) is 6.01. The molecular weight excluding hydrogens is 472 g/mol. The molecule has 2 aromatic heterocycles. The predicted molar refractivity (Wildman–Crippen MR) is 152 cm³/mol. The van der Waals surface area contributed by atoms with Crippen LogP contribution in [0.5, 0.6) is 11.5 Å². The summed E-state index contributed by atoms with van der Waals surface area (Å²) >= 11 is 0. The third-order valence-electron chi connectivity index (χ3n) is 7.09. The average molecular weight is 513 g/mol. The highest BCUT2D eigenvalue weighted by atomic mass is 16.5. The highest BCUT2D eigenvalue weighted by Crippen LogP contribution is 2.19. The van der Waals surface area contributed by atoms with Crippen LogP contribution in [0.2, 0.25) is 0 Å². The molecule has 0 atom stereocenters. The molecule has 0 aliphatic carbocycles. The lowest BCUT2D eigenvalue weighted by Crippen LogP contribution is -2.32. The van der Waals surface area contributed by atoms with Crippen molar-refractivity contribution in [2.75, 3.05) is 13.2 Å². The topological polar surface area (TPSA) is 36.1 Å². The number of imidazole rings is 2. The summed E-state index contributed by atoms with van der Waals surface area (Å²) in [6.45, 7) is 9.41. The lowest BCUT2D eigenvalue weighted by Gasteiger charge is -2.08. The molecule has 0 spiro atoms. The molecule has 0 aliphatic heterocycles. The minimum atomic E-state index is 0.616. The Labute approximate surface area is 225 Å². The molecule has 0 unspecified atom stereocenters. The van der Waals surface area contributed by atoms with Crippen LogP contribution < -0.4 is 18.6 Å². The molecule has 0 amide bonds. The quantitative estimate of drug-likeness (QED) is 0.173. The number of unbranched alkanes of at least 4 members (excludes halogenated alkanes) is 2. The van der Waals surface area contributed by atoms with Crippen LogP contribution in [0.25, 0.3) is 22.1 Å². The molecule has 5 aromatic rings. The molecule has 0 bridgehead atoms. The smallest absolute Gasteiger partial charge is 0.244 e. The SMILES string of the molecule is CCCC[n+]1cn(CCOc2ccc(OCCn3c[n+](CCCC)c4ccccc43)cc2)c2ccccc21. The van der Waals surface area contributed by atoms with Crippen molar-refractivity contribution in [1.82, 2.24) is 9.13 Å². The van der Waals surface area contributed by atoms with Crippen molar-refractivity contribution < 1.29 is 18.6 Å². The van der Waals surface area contributed by atoms with Crippen LogP contribution in [0.1, 0.15) is 39.5 Å². The Balaban J connectivity index is 1.13. The van der Waals surface area contributed by atoms with E-state index in [1.807, 2.05) is 24.3 Å². The summed E-state index contributed by atoms with van der Waals surface area (Å²) in [5.41, 5.74) is 5.07. The van der Waals surface area contributed by atoms with Crippen molar-refractivity contribution in [2.45, 2.75) is 65.7 Å². The maximum atomic E-state index is 6.07. The van der Waals surface area contributed by atoms with Gasteiger partial charge < -0.3 is 9.47 Å². The first-order chi connectivity index (χ1) is 18.8. The number of hydrogen-bond donors (Lipinski definition) is 0. The van der Waals surface area contributed by atoms with Gasteiger partial charge in [-0.1, -0.05) is 51.0 Å². The lowest BCUT2D eigenvalue weighted by atomic mass is 10.3. The summed E-state index contributed by atoms with van der Waals surface area (Å²) in [6, 6.07) is 25.2. The Kier molecular flexibility index (Phi) is 8.59.